The van der Waals surface area contributed by atoms with Crippen molar-refractivity contribution in [1.29, 1.82) is 5.26 Å². The number of nitrogens with zero attached hydrogens (tertiary/aromatic N) is 1. The lowest BCUT2D eigenvalue weighted by atomic mass is 10.9. The third-order valence-corrected chi connectivity index (χ3v) is 0.711. The number of nitriles is 1. The van der Waals surface area contributed by atoms with Gasteiger partial charge in [-0.1, -0.05) is 0 Å². The molecular formula is C2H2FNO2S. The molecule has 0 rings (SSSR count). The van der Waals surface area contributed by atoms with E-state index in [1.165, 1.54) is 0 Å². The van der Waals surface area contributed by atoms with Crippen molar-refractivity contribution < 1.29 is 12.3 Å². The number of rotatable bonds is 1. The molecule has 0 unspecified atom stereocenters. The fourth-order valence-corrected chi connectivity index (χ4v) is 0.231. The zero-order valence-corrected chi connectivity index (χ0v) is 4.07. The Labute approximate surface area is 40.6 Å². The summed E-state index contributed by atoms with van der Waals surface area (Å²) in [6.45, 7) is 0. The van der Waals surface area contributed by atoms with Crippen LogP contribution in [-0.2, 0) is 10.2 Å². The maximum Gasteiger partial charge on any atom is 0.315 e. The van der Waals surface area contributed by atoms with Gasteiger partial charge < -0.3 is 0 Å². The van der Waals surface area contributed by atoms with Crippen molar-refractivity contribution in [2.24, 2.45) is 0 Å². The van der Waals surface area contributed by atoms with Crippen molar-refractivity contribution in [3.63, 3.8) is 0 Å². The molecule has 0 aromatic heterocycles. The average Bonchev–Trinajstić information content (AvgIpc) is 1.30. The lowest BCUT2D eigenvalue weighted by Crippen LogP contribution is -1.92. The zero-order valence-electron chi connectivity index (χ0n) is 3.26. The normalized spacial score (nSPS) is 10.3. The molecule has 0 fully saturated rings. The largest absolute Gasteiger partial charge is 0.315 e. The van der Waals surface area contributed by atoms with Crippen molar-refractivity contribution in [3.05, 3.63) is 0 Å². The number of hydrogen-bond acceptors (Lipinski definition) is 3. The molecule has 0 bridgehead atoms. The average molecular weight is 123 g/mol. The Kier molecular flexibility index (Phi) is 1.72. The highest BCUT2D eigenvalue weighted by Gasteiger charge is 2.02. The van der Waals surface area contributed by atoms with Gasteiger partial charge in [-0.05, 0) is 0 Å². The van der Waals surface area contributed by atoms with Crippen molar-refractivity contribution in [1.82, 2.24) is 0 Å². The highest BCUT2D eigenvalue weighted by molar-refractivity contribution is 7.86. The van der Waals surface area contributed by atoms with Gasteiger partial charge in [-0.2, -0.15) is 13.7 Å². The van der Waals surface area contributed by atoms with Crippen LogP contribution in [0, 0.1) is 11.3 Å². The summed E-state index contributed by atoms with van der Waals surface area (Å²) in [5.41, 5.74) is 0. The van der Waals surface area contributed by atoms with Gasteiger partial charge in [0, 0.05) is 0 Å². The van der Waals surface area contributed by atoms with Crippen LogP contribution in [0.5, 0.6) is 0 Å². The summed E-state index contributed by atoms with van der Waals surface area (Å²) in [4.78, 5) is 0. The van der Waals surface area contributed by atoms with E-state index in [0.717, 1.165) is 6.07 Å². The topological polar surface area (TPSA) is 57.9 Å². The van der Waals surface area contributed by atoms with Gasteiger partial charge in [0.2, 0.25) is 0 Å². The van der Waals surface area contributed by atoms with Crippen molar-refractivity contribution in [2.75, 3.05) is 5.75 Å². The monoisotopic (exact) mass is 123 g/mol. The smallest absolute Gasteiger partial charge is 0.197 e. The lowest BCUT2D eigenvalue weighted by molar-refractivity contribution is 0.556. The van der Waals surface area contributed by atoms with Crippen molar-refractivity contribution in [3.8, 4) is 6.07 Å². The van der Waals surface area contributed by atoms with Gasteiger partial charge in [0.1, 0.15) is 0 Å². The van der Waals surface area contributed by atoms with E-state index in [1.54, 1.807) is 0 Å². The molecule has 0 heterocycles. The van der Waals surface area contributed by atoms with Gasteiger partial charge in [0.05, 0.1) is 6.07 Å². The van der Waals surface area contributed by atoms with Crippen molar-refractivity contribution >= 4 is 10.2 Å². The molecule has 5 heteroatoms. The van der Waals surface area contributed by atoms with Crippen LogP contribution in [0.2, 0.25) is 0 Å². The molecule has 0 aliphatic heterocycles. The lowest BCUT2D eigenvalue weighted by Gasteiger charge is -1.73. The second-order valence-corrected chi connectivity index (χ2v) is 2.21. The van der Waals surface area contributed by atoms with Gasteiger partial charge in [0.15, 0.2) is 5.75 Å². The molecule has 0 saturated heterocycles. The fourth-order valence-electron chi connectivity index (χ4n) is 0.0771. The zero-order chi connectivity index (χ0) is 5.91. The predicted octanol–water partition coefficient (Wildman–Crippen LogP) is -0.191. The van der Waals surface area contributed by atoms with Crippen molar-refractivity contribution in [2.45, 2.75) is 0 Å². The van der Waals surface area contributed by atoms with E-state index in [-0.39, 0.29) is 0 Å². The summed E-state index contributed by atoms with van der Waals surface area (Å²) < 4.78 is 29.8. The number of halogens is 1. The molecule has 0 amide bonds. The van der Waals surface area contributed by atoms with E-state index in [9.17, 15) is 12.3 Å². The molecule has 0 N–H and O–H groups in total. The van der Waals surface area contributed by atoms with E-state index in [2.05, 4.69) is 0 Å². The number of hydrogen-bond donors (Lipinski definition) is 0. The van der Waals surface area contributed by atoms with Gasteiger partial charge >= 0.3 is 10.2 Å². The maximum atomic E-state index is 11.1. The van der Waals surface area contributed by atoms with E-state index in [4.69, 9.17) is 5.26 Å². The van der Waals surface area contributed by atoms with Crippen LogP contribution in [0.4, 0.5) is 3.89 Å². The summed E-state index contributed by atoms with van der Waals surface area (Å²) in [5, 5.41) is 7.53. The summed E-state index contributed by atoms with van der Waals surface area (Å²) >= 11 is 0. The minimum Gasteiger partial charge on any atom is -0.197 e. The molecule has 0 aliphatic rings. The Morgan fingerprint density at radius 3 is 2.14 bits per heavy atom. The Bertz CT molecular complexity index is 176. The molecule has 3 nitrogen and oxygen atoms in total. The second-order valence-electron chi connectivity index (χ2n) is 0.841. The van der Waals surface area contributed by atoms with E-state index >= 15 is 0 Å². The maximum absolute atomic E-state index is 11.1. The molecule has 0 aliphatic carbocycles. The van der Waals surface area contributed by atoms with Crippen LogP contribution < -0.4 is 0 Å². The Balaban J connectivity index is 3.92. The highest BCUT2D eigenvalue weighted by Crippen LogP contribution is 1.85. The van der Waals surface area contributed by atoms with E-state index in [1.807, 2.05) is 0 Å². The first kappa shape index (κ1) is 6.37. The van der Waals surface area contributed by atoms with Crippen LogP contribution in [0.15, 0.2) is 0 Å². The first-order valence-electron chi connectivity index (χ1n) is 1.35. The third-order valence-electron chi connectivity index (χ3n) is 0.237. The van der Waals surface area contributed by atoms with E-state index in [0.29, 0.717) is 0 Å². The molecule has 40 valence electrons. The van der Waals surface area contributed by atoms with Gasteiger partial charge in [0.25, 0.3) is 0 Å². The Hall–Kier alpha value is -0.630. The van der Waals surface area contributed by atoms with Gasteiger partial charge in [-0.25, -0.2) is 0 Å². The van der Waals surface area contributed by atoms with Crippen LogP contribution in [0.25, 0.3) is 0 Å². The van der Waals surface area contributed by atoms with E-state index < -0.39 is 16.0 Å². The SMILES string of the molecule is N#CCS(=O)(=O)F. The minimum absolute atomic E-state index is 1.05. The molecule has 0 radical (unpaired) electrons. The quantitative estimate of drug-likeness (QED) is 0.454. The predicted molar refractivity (Wildman–Crippen MR) is 20.5 cm³/mol. The fraction of sp³-hybridized carbons (Fsp3) is 0.500. The first-order valence-corrected chi connectivity index (χ1v) is 2.91. The standard InChI is InChI=1S/C2H2FNO2S/c3-7(5,6)2-1-4/h2H2. The molecular weight excluding hydrogens is 121 g/mol. The summed E-state index contributed by atoms with van der Waals surface area (Å²) in [6, 6.07) is 1.14. The molecule has 0 spiro atoms. The van der Waals surface area contributed by atoms with Gasteiger partial charge in [-0.15, -0.1) is 3.89 Å². The van der Waals surface area contributed by atoms with Crippen LogP contribution in [0.3, 0.4) is 0 Å². The summed E-state index contributed by atoms with van der Waals surface area (Å²) in [7, 11) is -4.54. The molecule has 0 aromatic carbocycles. The molecule has 0 aromatic rings. The summed E-state index contributed by atoms with van der Waals surface area (Å²) in [6.07, 6.45) is 0. The Morgan fingerprint density at radius 1 is 1.71 bits per heavy atom. The highest BCUT2D eigenvalue weighted by atomic mass is 32.3. The Morgan fingerprint density at radius 2 is 2.14 bits per heavy atom. The van der Waals surface area contributed by atoms with Gasteiger partial charge in [-0.3, -0.25) is 0 Å². The molecule has 0 atom stereocenters. The first-order chi connectivity index (χ1) is 3.06. The summed E-state index contributed by atoms with van der Waals surface area (Å²) in [5.74, 6) is -1.05. The molecule has 7 heavy (non-hydrogen) atoms. The van der Waals surface area contributed by atoms with Crippen LogP contribution >= 0.6 is 0 Å². The second kappa shape index (κ2) is 1.89. The third kappa shape index (κ3) is 5.37. The molecule has 0 saturated carbocycles. The van der Waals surface area contributed by atoms with Crippen LogP contribution in [0.1, 0.15) is 0 Å². The minimum atomic E-state index is -4.54. The van der Waals surface area contributed by atoms with Crippen LogP contribution in [-0.4, -0.2) is 14.2 Å².